The number of rotatable bonds is 3. The third kappa shape index (κ3) is 2.50. The Morgan fingerprint density at radius 3 is 3.05 bits per heavy atom. The average molecular weight is 290 g/mol. The van der Waals surface area contributed by atoms with Crippen molar-refractivity contribution >= 4 is 44.9 Å². The molecule has 96 valence electrons. The minimum absolute atomic E-state index is 0.178. The van der Waals surface area contributed by atoms with Crippen molar-refractivity contribution in [1.29, 1.82) is 0 Å². The van der Waals surface area contributed by atoms with Crippen LogP contribution in [0.5, 0.6) is 0 Å². The van der Waals surface area contributed by atoms with Crippen LogP contribution < -0.4 is 5.32 Å². The number of benzene rings is 1. The zero-order chi connectivity index (χ0) is 13.2. The standard InChI is InChI=1S/C13H10N2O2S2/c1-18-13-15-10-3-2-9(6-11(10)19-13)14-12(16)8-4-5-17-7-8/h2-7H,1H3,(H,14,16). The third-order valence-electron chi connectivity index (χ3n) is 2.58. The largest absolute Gasteiger partial charge is 0.472 e. The molecule has 0 radical (unpaired) electrons. The third-order valence-corrected chi connectivity index (χ3v) is 4.59. The summed E-state index contributed by atoms with van der Waals surface area (Å²) in [6.07, 6.45) is 4.90. The number of aromatic nitrogens is 1. The van der Waals surface area contributed by atoms with E-state index in [1.165, 1.54) is 12.5 Å². The number of nitrogens with zero attached hydrogens (tertiary/aromatic N) is 1. The van der Waals surface area contributed by atoms with Gasteiger partial charge in [-0.3, -0.25) is 4.79 Å². The molecular weight excluding hydrogens is 280 g/mol. The highest BCUT2D eigenvalue weighted by Crippen LogP contribution is 2.30. The molecule has 0 bridgehead atoms. The number of thioether (sulfide) groups is 1. The number of furan rings is 1. The van der Waals surface area contributed by atoms with E-state index in [0.29, 0.717) is 5.56 Å². The second kappa shape index (κ2) is 5.07. The van der Waals surface area contributed by atoms with Crippen LogP contribution in [0, 0.1) is 0 Å². The van der Waals surface area contributed by atoms with E-state index in [-0.39, 0.29) is 5.91 Å². The van der Waals surface area contributed by atoms with Crippen LogP contribution in [0.4, 0.5) is 5.69 Å². The Morgan fingerprint density at radius 1 is 1.42 bits per heavy atom. The van der Waals surface area contributed by atoms with Crippen LogP contribution in [0.25, 0.3) is 10.2 Å². The SMILES string of the molecule is CSc1nc2ccc(NC(=O)c3ccoc3)cc2s1. The van der Waals surface area contributed by atoms with E-state index in [4.69, 9.17) is 4.42 Å². The summed E-state index contributed by atoms with van der Waals surface area (Å²) < 4.78 is 6.98. The lowest BCUT2D eigenvalue weighted by atomic mass is 10.2. The molecule has 3 aromatic rings. The van der Waals surface area contributed by atoms with E-state index in [9.17, 15) is 4.79 Å². The van der Waals surface area contributed by atoms with E-state index < -0.39 is 0 Å². The molecule has 2 aromatic heterocycles. The van der Waals surface area contributed by atoms with E-state index in [0.717, 1.165) is 20.2 Å². The van der Waals surface area contributed by atoms with Gasteiger partial charge in [0.2, 0.25) is 0 Å². The van der Waals surface area contributed by atoms with Crippen molar-refractivity contribution in [3.8, 4) is 0 Å². The molecule has 0 aliphatic heterocycles. The lowest BCUT2D eigenvalue weighted by Crippen LogP contribution is -2.10. The van der Waals surface area contributed by atoms with Crippen molar-refractivity contribution in [3.63, 3.8) is 0 Å². The number of hydrogen-bond acceptors (Lipinski definition) is 5. The van der Waals surface area contributed by atoms with Gasteiger partial charge in [0.25, 0.3) is 5.91 Å². The van der Waals surface area contributed by atoms with Gasteiger partial charge in [-0.25, -0.2) is 4.98 Å². The number of amides is 1. The number of anilines is 1. The summed E-state index contributed by atoms with van der Waals surface area (Å²) in [5.74, 6) is -0.178. The molecule has 1 amide bonds. The highest BCUT2D eigenvalue weighted by Gasteiger charge is 2.09. The van der Waals surface area contributed by atoms with Crippen LogP contribution in [0.2, 0.25) is 0 Å². The molecule has 3 rings (SSSR count). The second-order valence-corrected chi connectivity index (χ2v) is 5.92. The van der Waals surface area contributed by atoms with Gasteiger partial charge in [-0.05, 0) is 30.5 Å². The van der Waals surface area contributed by atoms with Gasteiger partial charge in [0, 0.05) is 5.69 Å². The van der Waals surface area contributed by atoms with Crippen molar-refractivity contribution in [3.05, 3.63) is 42.4 Å². The summed E-state index contributed by atoms with van der Waals surface area (Å²) >= 11 is 3.24. The maximum Gasteiger partial charge on any atom is 0.258 e. The summed E-state index contributed by atoms with van der Waals surface area (Å²) in [5, 5.41) is 2.84. The maximum atomic E-state index is 11.9. The predicted molar refractivity (Wildman–Crippen MR) is 78.1 cm³/mol. The number of hydrogen-bond donors (Lipinski definition) is 1. The molecule has 1 aromatic carbocycles. The van der Waals surface area contributed by atoms with Gasteiger partial charge >= 0.3 is 0 Å². The van der Waals surface area contributed by atoms with Gasteiger partial charge < -0.3 is 9.73 Å². The van der Waals surface area contributed by atoms with Crippen LogP contribution in [0.15, 0.2) is 45.5 Å². The Balaban J connectivity index is 1.87. The normalized spacial score (nSPS) is 10.8. The summed E-state index contributed by atoms with van der Waals surface area (Å²) in [6.45, 7) is 0. The summed E-state index contributed by atoms with van der Waals surface area (Å²) in [6, 6.07) is 7.33. The molecule has 6 heteroatoms. The lowest BCUT2D eigenvalue weighted by molar-refractivity contribution is 0.102. The van der Waals surface area contributed by atoms with E-state index in [1.54, 1.807) is 29.2 Å². The Hall–Kier alpha value is -1.79. The van der Waals surface area contributed by atoms with Gasteiger partial charge in [-0.15, -0.1) is 11.3 Å². The van der Waals surface area contributed by atoms with Crippen LogP contribution in [-0.2, 0) is 0 Å². The molecule has 1 N–H and O–H groups in total. The average Bonchev–Trinajstić information content (AvgIpc) is 3.07. The van der Waals surface area contributed by atoms with Crippen molar-refractivity contribution < 1.29 is 9.21 Å². The first kappa shape index (κ1) is 12.3. The quantitative estimate of drug-likeness (QED) is 0.744. The molecule has 0 unspecified atom stereocenters. The highest BCUT2D eigenvalue weighted by atomic mass is 32.2. The first-order chi connectivity index (χ1) is 9.26. The van der Waals surface area contributed by atoms with E-state index in [1.807, 2.05) is 24.5 Å². The van der Waals surface area contributed by atoms with E-state index in [2.05, 4.69) is 10.3 Å². The molecule has 0 saturated carbocycles. The topological polar surface area (TPSA) is 55.1 Å². The first-order valence-corrected chi connectivity index (χ1v) is 7.58. The molecule has 0 saturated heterocycles. The monoisotopic (exact) mass is 290 g/mol. The fraction of sp³-hybridized carbons (Fsp3) is 0.0769. The molecule has 0 aliphatic carbocycles. The van der Waals surface area contributed by atoms with Crippen LogP contribution in [0.1, 0.15) is 10.4 Å². The zero-order valence-electron chi connectivity index (χ0n) is 10.0. The van der Waals surface area contributed by atoms with Crippen LogP contribution in [0.3, 0.4) is 0 Å². The van der Waals surface area contributed by atoms with Crippen LogP contribution in [-0.4, -0.2) is 17.1 Å². The fourth-order valence-corrected chi connectivity index (χ4v) is 3.19. The second-order valence-electron chi connectivity index (χ2n) is 3.83. The minimum Gasteiger partial charge on any atom is -0.472 e. The Bertz CT molecular complexity index is 719. The Morgan fingerprint density at radius 2 is 2.32 bits per heavy atom. The van der Waals surface area contributed by atoms with Crippen molar-refractivity contribution in [2.45, 2.75) is 4.34 Å². The molecule has 0 fully saturated rings. The van der Waals surface area contributed by atoms with Gasteiger partial charge in [-0.2, -0.15) is 0 Å². The Kier molecular flexibility index (Phi) is 3.27. The molecule has 0 aliphatic rings. The Labute approximate surface area is 117 Å². The van der Waals surface area contributed by atoms with E-state index >= 15 is 0 Å². The van der Waals surface area contributed by atoms with Crippen molar-refractivity contribution in [2.24, 2.45) is 0 Å². The van der Waals surface area contributed by atoms with Gasteiger partial charge in [0.05, 0.1) is 22.0 Å². The summed E-state index contributed by atoms with van der Waals surface area (Å²) in [4.78, 5) is 16.3. The molecule has 0 spiro atoms. The number of carbonyl (C=O) groups excluding carboxylic acids is 1. The number of carbonyl (C=O) groups is 1. The summed E-state index contributed by atoms with van der Waals surface area (Å²) in [7, 11) is 0. The van der Waals surface area contributed by atoms with Crippen molar-refractivity contribution in [1.82, 2.24) is 4.98 Å². The number of thiazole rings is 1. The minimum atomic E-state index is -0.178. The molecule has 19 heavy (non-hydrogen) atoms. The summed E-state index contributed by atoms with van der Waals surface area (Å²) in [5.41, 5.74) is 2.22. The zero-order valence-corrected chi connectivity index (χ0v) is 11.7. The molecular formula is C13H10N2O2S2. The molecule has 0 atom stereocenters. The highest BCUT2D eigenvalue weighted by molar-refractivity contribution is 8.00. The van der Waals surface area contributed by atoms with Crippen molar-refractivity contribution in [2.75, 3.05) is 11.6 Å². The predicted octanol–water partition coefficient (Wildman–Crippen LogP) is 3.86. The number of nitrogens with one attached hydrogen (secondary N) is 1. The first-order valence-electron chi connectivity index (χ1n) is 5.54. The van der Waals surface area contributed by atoms with Gasteiger partial charge in [0.1, 0.15) is 6.26 Å². The van der Waals surface area contributed by atoms with Gasteiger partial charge in [0.15, 0.2) is 4.34 Å². The molecule has 4 nitrogen and oxygen atoms in total. The molecule has 2 heterocycles. The van der Waals surface area contributed by atoms with Crippen LogP contribution >= 0.6 is 23.1 Å². The van der Waals surface area contributed by atoms with Gasteiger partial charge in [-0.1, -0.05) is 11.8 Å². The maximum absolute atomic E-state index is 11.9. The lowest BCUT2D eigenvalue weighted by Gasteiger charge is -2.02. The number of fused-ring (bicyclic) bond motifs is 1. The smallest absolute Gasteiger partial charge is 0.258 e. The fourth-order valence-electron chi connectivity index (χ4n) is 1.67.